The molecule has 2 aromatic carbocycles. The number of fused-ring (bicyclic) bond motifs is 1. The number of anilines is 1. The van der Waals surface area contributed by atoms with E-state index in [9.17, 15) is 9.59 Å². The number of hydrogen-bond donors (Lipinski definition) is 1. The summed E-state index contributed by atoms with van der Waals surface area (Å²) in [4.78, 5) is 25.9. The Balaban J connectivity index is 1.55. The standard InChI is InChI=1S/C24H24ClN5O3S/c1-4-20(22(31)26-16-7-6-15(3)19(25)14-16)34-24-28-27-21-23(32)29(12-13-30(21)24)17-8-10-18(11-9-17)33-5-2/h6-14,20H,4-5H2,1-3H3,(H,26,31)/t20-/m1/s1. The van der Waals surface area contributed by atoms with Crippen molar-refractivity contribution < 1.29 is 9.53 Å². The van der Waals surface area contributed by atoms with Crippen molar-refractivity contribution in [1.29, 1.82) is 0 Å². The van der Waals surface area contributed by atoms with Gasteiger partial charge in [0.25, 0.3) is 0 Å². The van der Waals surface area contributed by atoms with Gasteiger partial charge in [-0.25, -0.2) is 0 Å². The van der Waals surface area contributed by atoms with Gasteiger partial charge < -0.3 is 10.1 Å². The third kappa shape index (κ3) is 4.95. The van der Waals surface area contributed by atoms with E-state index in [4.69, 9.17) is 16.3 Å². The van der Waals surface area contributed by atoms with Crippen LogP contribution in [0.4, 0.5) is 5.69 Å². The van der Waals surface area contributed by atoms with Crippen LogP contribution >= 0.6 is 23.4 Å². The van der Waals surface area contributed by atoms with Crippen molar-refractivity contribution in [2.45, 2.75) is 37.6 Å². The Hall–Kier alpha value is -3.30. The lowest BCUT2D eigenvalue weighted by molar-refractivity contribution is -0.115. The minimum absolute atomic E-state index is 0.174. The van der Waals surface area contributed by atoms with Crippen LogP contribution in [0.3, 0.4) is 0 Å². The predicted molar refractivity (Wildman–Crippen MR) is 135 cm³/mol. The van der Waals surface area contributed by atoms with E-state index in [0.717, 1.165) is 11.3 Å². The molecule has 176 valence electrons. The number of carbonyl (C=O) groups excluding carboxylic acids is 1. The molecule has 1 atom stereocenters. The van der Waals surface area contributed by atoms with Crippen molar-refractivity contribution in [3.05, 3.63) is 75.8 Å². The minimum atomic E-state index is -0.430. The number of ether oxygens (including phenoxy) is 1. The molecular weight excluding hydrogens is 474 g/mol. The number of benzene rings is 2. The third-order valence-electron chi connectivity index (χ3n) is 5.22. The van der Waals surface area contributed by atoms with E-state index in [2.05, 4.69) is 15.5 Å². The molecule has 10 heteroatoms. The van der Waals surface area contributed by atoms with Gasteiger partial charge in [-0.15, -0.1) is 10.2 Å². The quantitative estimate of drug-likeness (QED) is 0.353. The average molecular weight is 498 g/mol. The van der Waals surface area contributed by atoms with Crippen LogP contribution < -0.4 is 15.6 Å². The fourth-order valence-electron chi connectivity index (χ4n) is 3.36. The molecule has 1 N–H and O–H groups in total. The molecule has 0 radical (unpaired) electrons. The molecule has 4 rings (SSSR count). The Morgan fingerprint density at radius 1 is 1.15 bits per heavy atom. The lowest BCUT2D eigenvalue weighted by atomic mass is 10.2. The average Bonchev–Trinajstić information content (AvgIpc) is 3.24. The number of carbonyl (C=O) groups is 1. The highest BCUT2D eigenvalue weighted by Gasteiger charge is 2.22. The van der Waals surface area contributed by atoms with Crippen LogP contribution in [0.25, 0.3) is 11.3 Å². The van der Waals surface area contributed by atoms with E-state index in [-0.39, 0.29) is 17.1 Å². The highest BCUT2D eigenvalue weighted by molar-refractivity contribution is 8.00. The highest BCUT2D eigenvalue weighted by Crippen LogP contribution is 2.26. The summed E-state index contributed by atoms with van der Waals surface area (Å²) in [5.74, 6) is 0.560. The van der Waals surface area contributed by atoms with Gasteiger partial charge in [0.15, 0.2) is 5.16 Å². The van der Waals surface area contributed by atoms with Crippen molar-refractivity contribution >= 4 is 40.6 Å². The molecule has 0 saturated heterocycles. The molecule has 0 aliphatic carbocycles. The van der Waals surface area contributed by atoms with Crippen molar-refractivity contribution in [2.24, 2.45) is 0 Å². The Morgan fingerprint density at radius 3 is 2.59 bits per heavy atom. The first-order valence-electron chi connectivity index (χ1n) is 10.8. The summed E-state index contributed by atoms with van der Waals surface area (Å²) in [5.41, 5.74) is 2.13. The van der Waals surface area contributed by atoms with Gasteiger partial charge in [0.1, 0.15) is 5.75 Å². The second kappa shape index (κ2) is 10.3. The number of nitrogens with zero attached hydrogens (tertiary/aromatic N) is 4. The van der Waals surface area contributed by atoms with Crippen molar-refractivity contribution in [1.82, 2.24) is 19.2 Å². The van der Waals surface area contributed by atoms with Crippen LogP contribution in [0.15, 0.2) is 64.8 Å². The zero-order chi connectivity index (χ0) is 24.2. The maximum atomic E-state index is 13.0. The second-order valence-corrected chi connectivity index (χ2v) is 9.12. The molecule has 0 fully saturated rings. The number of rotatable bonds is 8. The van der Waals surface area contributed by atoms with Crippen LogP contribution in [0.1, 0.15) is 25.8 Å². The molecule has 2 aromatic heterocycles. The number of halogens is 1. The summed E-state index contributed by atoms with van der Waals surface area (Å²) in [5, 5.41) is 11.8. The van der Waals surface area contributed by atoms with E-state index in [1.54, 1.807) is 22.9 Å². The fourth-order valence-corrected chi connectivity index (χ4v) is 4.48. The molecule has 8 nitrogen and oxygen atoms in total. The van der Waals surface area contributed by atoms with Gasteiger partial charge in [-0.2, -0.15) is 0 Å². The fraction of sp³-hybridized carbons (Fsp3) is 0.250. The van der Waals surface area contributed by atoms with E-state index in [0.29, 0.717) is 34.6 Å². The molecule has 0 spiro atoms. The van der Waals surface area contributed by atoms with Crippen molar-refractivity contribution in [3.63, 3.8) is 0 Å². The second-order valence-electron chi connectivity index (χ2n) is 7.54. The normalized spacial score (nSPS) is 12.0. The van der Waals surface area contributed by atoms with Gasteiger partial charge in [-0.1, -0.05) is 36.4 Å². The lowest BCUT2D eigenvalue weighted by Crippen LogP contribution is -2.25. The molecule has 0 bridgehead atoms. The van der Waals surface area contributed by atoms with E-state index in [1.807, 2.05) is 57.2 Å². The molecule has 0 saturated carbocycles. The topological polar surface area (TPSA) is 90.5 Å². The van der Waals surface area contributed by atoms with E-state index < -0.39 is 5.25 Å². The highest BCUT2D eigenvalue weighted by atomic mass is 35.5. The Labute approximate surface area is 205 Å². The molecule has 0 unspecified atom stereocenters. The smallest absolute Gasteiger partial charge is 0.300 e. The maximum absolute atomic E-state index is 13.0. The summed E-state index contributed by atoms with van der Waals surface area (Å²) >= 11 is 7.43. The first kappa shape index (κ1) is 23.8. The first-order valence-corrected chi connectivity index (χ1v) is 12.1. The maximum Gasteiger partial charge on any atom is 0.300 e. The zero-order valence-electron chi connectivity index (χ0n) is 19.0. The third-order valence-corrected chi connectivity index (χ3v) is 6.94. The van der Waals surface area contributed by atoms with Crippen LogP contribution in [-0.4, -0.2) is 36.9 Å². The van der Waals surface area contributed by atoms with Crippen LogP contribution in [-0.2, 0) is 4.79 Å². The summed E-state index contributed by atoms with van der Waals surface area (Å²) < 4.78 is 8.57. The monoisotopic (exact) mass is 497 g/mol. The summed E-state index contributed by atoms with van der Waals surface area (Å²) in [7, 11) is 0. The van der Waals surface area contributed by atoms with Crippen molar-refractivity contribution in [2.75, 3.05) is 11.9 Å². The van der Waals surface area contributed by atoms with Crippen molar-refractivity contribution in [3.8, 4) is 11.4 Å². The lowest BCUT2D eigenvalue weighted by Gasteiger charge is -2.14. The van der Waals surface area contributed by atoms with Crippen LogP contribution in [0.2, 0.25) is 5.02 Å². The number of aryl methyl sites for hydroxylation is 1. The molecule has 0 aliphatic heterocycles. The number of aromatic nitrogens is 4. The number of nitrogens with one attached hydrogen (secondary N) is 1. The Kier molecular flexibility index (Phi) is 7.23. The number of thioether (sulfide) groups is 1. The van der Waals surface area contributed by atoms with Gasteiger partial charge in [0, 0.05) is 28.8 Å². The van der Waals surface area contributed by atoms with Gasteiger partial charge in [0.05, 0.1) is 11.9 Å². The Bertz CT molecular complexity index is 1380. The molecule has 2 heterocycles. The summed E-state index contributed by atoms with van der Waals surface area (Å²) in [6.45, 7) is 6.31. The number of hydrogen-bond acceptors (Lipinski definition) is 6. The van der Waals surface area contributed by atoms with Gasteiger partial charge in [-0.3, -0.25) is 18.6 Å². The predicted octanol–water partition coefficient (Wildman–Crippen LogP) is 4.75. The molecule has 4 aromatic rings. The molecule has 1 amide bonds. The molecule has 34 heavy (non-hydrogen) atoms. The van der Waals surface area contributed by atoms with E-state index in [1.165, 1.54) is 16.3 Å². The van der Waals surface area contributed by atoms with Gasteiger partial charge in [0.2, 0.25) is 11.6 Å². The molecule has 0 aliphatic rings. The first-order chi connectivity index (χ1) is 16.4. The summed E-state index contributed by atoms with van der Waals surface area (Å²) in [6, 6.07) is 12.6. The summed E-state index contributed by atoms with van der Waals surface area (Å²) in [6.07, 6.45) is 3.95. The SMILES string of the molecule is CCOc1ccc(-n2ccn3c(S[C@H](CC)C(=O)Nc4ccc(C)c(Cl)c4)nnc3c2=O)cc1. The minimum Gasteiger partial charge on any atom is -0.494 e. The van der Waals surface area contributed by atoms with Crippen LogP contribution in [0, 0.1) is 6.92 Å². The zero-order valence-corrected chi connectivity index (χ0v) is 20.6. The number of amides is 1. The van der Waals surface area contributed by atoms with Crippen LogP contribution in [0.5, 0.6) is 5.75 Å². The largest absolute Gasteiger partial charge is 0.494 e. The van der Waals surface area contributed by atoms with Gasteiger partial charge >= 0.3 is 5.56 Å². The molecular formula is C24H24ClN5O3S. The Morgan fingerprint density at radius 2 is 1.91 bits per heavy atom. The van der Waals surface area contributed by atoms with Gasteiger partial charge in [-0.05, 0) is 62.2 Å². The van der Waals surface area contributed by atoms with E-state index >= 15 is 0 Å².